The lowest BCUT2D eigenvalue weighted by atomic mass is 9.95. The first-order chi connectivity index (χ1) is 8.35. The third kappa shape index (κ3) is 12.0. The molecule has 0 N–H and O–H groups in total. The molecular formula is C17H34. The highest BCUT2D eigenvalue weighted by atomic mass is 14.1. The Labute approximate surface area is 110 Å². The Balaban J connectivity index is 3.43. The molecule has 0 nitrogen and oxygen atoms in total. The Hall–Kier alpha value is -0.260. The average Bonchev–Trinajstić information content (AvgIpc) is 2.35. The van der Waals surface area contributed by atoms with Crippen molar-refractivity contribution >= 4 is 0 Å². The van der Waals surface area contributed by atoms with Gasteiger partial charge in [0, 0.05) is 0 Å². The summed E-state index contributed by atoms with van der Waals surface area (Å²) >= 11 is 0. The van der Waals surface area contributed by atoms with Gasteiger partial charge >= 0.3 is 0 Å². The van der Waals surface area contributed by atoms with Crippen molar-refractivity contribution in [3.63, 3.8) is 0 Å². The van der Waals surface area contributed by atoms with Gasteiger partial charge in [-0.25, -0.2) is 0 Å². The zero-order valence-corrected chi connectivity index (χ0v) is 12.5. The van der Waals surface area contributed by atoms with Crippen LogP contribution in [0.15, 0.2) is 12.2 Å². The highest BCUT2D eigenvalue weighted by molar-refractivity contribution is 4.83. The summed E-state index contributed by atoms with van der Waals surface area (Å²) in [4.78, 5) is 0. The molecular weight excluding hydrogens is 204 g/mol. The predicted octanol–water partition coefficient (Wildman–Crippen LogP) is 6.51. The highest BCUT2D eigenvalue weighted by Crippen LogP contribution is 2.18. The third-order valence-electron chi connectivity index (χ3n) is 3.65. The van der Waals surface area contributed by atoms with Crippen LogP contribution in [-0.2, 0) is 0 Å². The number of allylic oxidation sites excluding steroid dienone is 2. The normalized spacial score (nSPS) is 13.4. The SMILES string of the molecule is CCCCCCC=CCC(CC)CCCCC. The molecule has 0 aromatic heterocycles. The van der Waals surface area contributed by atoms with Gasteiger partial charge < -0.3 is 0 Å². The smallest absolute Gasteiger partial charge is 0.0322 e. The molecule has 0 heterocycles. The van der Waals surface area contributed by atoms with Gasteiger partial charge in [-0.1, -0.05) is 84.3 Å². The van der Waals surface area contributed by atoms with Gasteiger partial charge in [0.2, 0.25) is 0 Å². The molecule has 0 rings (SSSR count). The second-order valence-corrected chi connectivity index (χ2v) is 5.33. The van der Waals surface area contributed by atoms with Crippen molar-refractivity contribution in [2.75, 3.05) is 0 Å². The maximum absolute atomic E-state index is 2.44. The molecule has 0 aromatic carbocycles. The molecule has 0 aromatic rings. The molecule has 0 heteroatoms. The summed E-state index contributed by atoms with van der Waals surface area (Å²) in [6.07, 6.45) is 20.0. The zero-order chi connectivity index (χ0) is 12.8. The lowest BCUT2D eigenvalue weighted by molar-refractivity contribution is 0.449. The van der Waals surface area contributed by atoms with Crippen LogP contribution in [0.5, 0.6) is 0 Å². The fourth-order valence-electron chi connectivity index (χ4n) is 2.27. The van der Waals surface area contributed by atoms with E-state index in [1.807, 2.05) is 0 Å². The van der Waals surface area contributed by atoms with E-state index >= 15 is 0 Å². The van der Waals surface area contributed by atoms with Crippen molar-refractivity contribution in [1.29, 1.82) is 0 Å². The van der Waals surface area contributed by atoms with Gasteiger partial charge in [-0.15, -0.1) is 0 Å². The number of hydrogen-bond acceptors (Lipinski definition) is 0. The van der Waals surface area contributed by atoms with E-state index in [1.165, 1.54) is 70.6 Å². The van der Waals surface area contributed by atoms with Crippen LogP contribution in [0.3, 0.4) is 0 Å². The van der Waals surface area contributed by atoms with Crippen LogP contribution in [0.1, 0.15) is 91.4 Å². The summed E-state index contributed by atoms with van der Waals surface area (Å²) in [6, 6.07) is 0. The monoisotopic (exact) mass is 238 g/mol. The minimum absolute atomic E-state index is 0.938. The number of unbranched alkanes of at least 4 members (excludes halogenated alkanes) is 6. The van der Waals surface area contributed by atoms with Gasteiger partial charge in [-0.3, -0.25) is 0 Å². The minimum atomic E-state index is 0.938. The van der Waals surface area contributed by atoms with Crippen molar-refractivity contribution in [2.24, 2.45) is 5.92 Å². The Morgan fingerprint density at radius 2 is 1.47 bits per heavy atom. The van der Waals surface area contributed by atoms with E-state index in [0.717, 1.165) is 5.92 Å². The molecule has 0 aliphatic rings. The summed E-state index contributed by atoms with van der Waals surface area (Å²) in [5.74, 6) is 0.938. The quantitative estimate of drug-likeness (QED) is 0.268. The highest BCUT2D eigenvalue weighted by Gasteiger charge is 2.02. The standard InChI is InChI=1S/C17H34/c1-4-7-9-10-11-12-14-16-17(6-3)15-13-8-5-2/h12,14,17H,4-11,13,15-16H2,1-3H3. The van der Waals surface area contributed by atoms with Gasteiger partial charge in [-0.05, 0) is 25.2 Å². The topological polar surface area (TPSA) is 0 Å². The molecule has 0 radical (unpaired) electrons. The summed E-state index contributed by atoms with van der Waals surface area (Å²) in [5.41, 5.74) is 0. The molecule has 17 heavy (non-hydrogen) atoms. The summed E-state index contributed by atoms with van der Waals surface area (Å²) in [6.45, 7) is 6.90. The molecule has 0 bridgehead atoms. The number of rotatable bonds is 12. The maximum Gasteiger partial charge on any atom is -0.0322 e. The molecule has 0 saturated heterocycles. The molecule has 0 aliphatic heterocycles. The Kier molecular flexibility index (Phi) is 13.6. The Morgan fingerprint density at radius 3 is 2.12 bits per heavy atom. The summed E-state index contributed by atoms with van der Waals surface area (Å²) in [5, 5.41) is 0. The zero-order valence-electron chi connectivity index (χ0n) is 12.5. The fraction of sp³-hybridized carbons (Fsp3) is 0.882. The third-order valence-corrected chi connectivity index (χ3v) is 3.65. The van der Waals surface area contributed by atoms with Crippen LogP contribution in [0.25, 0.3) is 0 Å². The fourth-order valence-corrected chi connectivity index (χ4v) is 2.27. The van der Waals surface area contributed by atoms with E-state index in [1.54, 1.807) is 0 Å². The molecule has 0 amide bonds. The van der Waals surface area contributed by atoms with Crippen LogP contribution in [-0.4, -0.2) is 0 Å². The van der Waals surface area contributed by atoms with Crippen molar-refractivity contribution in [3.05, 3.63) is 12.2 Å². The van der Waals surface area contributed by atoms with Crippen LogP contribution in [0.4, 0.5) is 0 Å². The number of hydrogen-bond donors (Lipinski definition) is 0. The van der Waals surface area contributed by atoms with E-state index in [0.29, 0.717) is 0 Å². The van der Waals surface area contributed by atoms with E-state index in [9.17, 15) is 0 Å². The van der Waals surface area contributed by atoms with E-state index in [4.69, 9.17) is 0 Å². The van der Waals surface area contributed by atoms with E-state index in [-0.39, 0.29) is 0 Å². The maximum atomic E-state index is 2.44. The molecule has 0 fully saturated rings. The van der Waals surface area contributed by atoms with E-state index < -0.39 is 0 Å². The summed E-state index contributed by atoms with van der Waals surface area (Å²) < 4.78 is 0. The molecule has 102 valence electrons. The lowest BCUT2D eigenvalue weighted by Crippen LogP contribution is -1.96. The second kappa shape index (κ2) is 13.8. The molecule has 0 spiro atoms. The summed E-state index contributed by atoms with van der Waals surface area (Å²) in [7, 11) is 0. The van der Waals surface area contributed by atoms with E-state index in [2.05, 4.69) is 32.9 Å². The van der Waals surface area contributed by atoms with Crippen LogP contribution >= 0.6 is 0 Å². The Morgan fingerprint density at radius 1 is 0.765 bits per heavy atom. The van der Waals surface area contributed by atoms with Crippen LogP contribution in [0, 0.1) is 5.92 Å². The first-order valence-corrected chi connectivity index (χ1v) is 8.00. The predicted molar refractivity (Wildman–Crippen MR) is 80.4 cm³/mol. The van der Waals surface area contributed by atoms with Crippen LogP contribution < -0.4 is 0 Å². The molecule has 0 aliphatic carbocycles. The largest absolute Gasteiger partial charge is 0.0885 e. The van der Waals surface area contributed by atoms with Gasteiger partial charge in [0.05, 0.1) is 0 Å². The van der Waals surface area contributed by atoms with Crippen LogP contribution in [0.2, 0.25) is 0 Å². The first kappa shape index (κ1) is 16.7. The molecule has 1 unspecified atom stereocenters. The van der Waals surface area contributed by atoms with Gasteiger partial charge in [0.15, 0.2) is 0 Å². The Bertz CT molecular complexity index is 157. The van der Waals surface area contributed by atoms with Gasteiger partial charge in [0.25, 0.3) is 0 Å². The van der Waals surface area contributed by atoms with Crippen molar-refractivity contribution in [1.82, 2.24) is 0 Å². The first-order valence-electron chi connectivity index (χ1n) is 8.00. The van der Waals surface area contributed by atoms with Crippen molar-refractivity contribution in [2.45, 2.75) is 91.4 Å². The van der Waals surface area contributed by atoms with Gasteiger partial charge in [0.1, 0.15) is 0 Å². The average molecular weight is 238 g/mol. The molecule has 0 saturated carbocycles. The van der Waals surface area contributed by atoms with Crippen molar-refractivity contribution in [3.8, 4) is 0 Å². The lowest BCUT2D eigenvalue weighted by Gasteiger charge is -2.11. The molecule has 1 atom stereocenters. The van der Waals surface area contributed by atoms with Crippen molar-refractivity contribution < 1.29 is 0 Å². The second-order valence-electron chi connectivity index (χ2n) is 5.33. The minimum Gasteiger partial charge on any atom is -0.0885 e. The van der Waals surface area contributed by atoms with Gasteiger partial charge in [-0.2, -0.15) is 0 Å².